The molecule has 2 fully saturated rings. The van der Waals surface area contributed by atoms with E-state index in [4.69, 9.17) is 0 Å². The minimum atomic E-state index is -3.33. The van der Waals surface area contributed by atoms with E-state index >= 15 is 0 Å². The zero-order valence-electron chi connectivity index (χ0n) is 15.1. The van der Waals surface area contributed by atoms with Gasteiger partial charge in [0.25, 0.3) is 5.91 Å². The number of aryl methyl sites for hydroxylation is 1. The second-order valence-corrected chi connectivity index (χ2v) is 9.46. The Bertz CT molecular complexity index is 731. The molecule has 1 saturated heterocycles. The number of piperidine rings is 1. The molecule has 1 aliphatic heterocycles. The van der Waals surface area contributed by atoms with Gasteiger partial charge in [0.05, 0.1) is 4.90 Å². The van der Waals surface area contributed by atoms with E-state index in [1.807, 2.05) is 0 Å². The number of rotatable bonds is 4. The molecule has 0 unspecified atom stereocenters. The van der Waals surface area contributed by atoms with Gasteiger partial charge in [-0.05, 0) is 50.3 Å². The minimum absolute atomic E-state index is 0.174. The number of hydrogen-bond donors (Lipinski definition) is 1. The Morgan fingerprint density at radius 2 is 1.76 bits per heavy atom. The highest BCUT2D eigenvalue weighted by Crippen LogP contribution is 2.26. The molecule has 0 bridgehead atoms. The highest BCUT2D eigenvalue weighted by atomic mass is 32.2. The zero-order chi connectivity index (χ0) is 18.0. The number of nitrogens with zero attached hydrogens (tertiary/aromatic N) is 1. The molecular weight excluding hydrogens is 336 g/mol. The van der Waals surface area contributed by atoms with Crippen molar-refractivity contribution >= 4 is 15.7 Å². The Morgan fingerprint density at radius 1 is 1.12 bits per heavy atom. The van der Waals surface area contributed by atoms with Crippen molar-refractivity contribution in [2.45, 2.75) is 62.4 Å². The lowest BCUT2D eigenvalue weighted by molar-refractivity contribution is 0.0892. The predicted octanol–water partition coefficient (Wildman–Crippen LogP) is 2.54. The maximum Gasteiger partial charge on any atom is 0.251 e. The molecular formula is C19H28N2O3S. The van der Waals surface area contributed by atoms with Crippen molar-refractivity contribution in [1.82, 2.24) is 10.2 Å². The molecule has 1 amide bonds. The summed E-state index contributed by atoms with van der Waals surface area (Å²) in [4.78, 5) is 15.3. The van der Waals surface area contributed by atoms with Crippen LogP contribution in [0.25, 0.3) is 0 Å². The van der Waals surface area contributed by atoms with Crippen molar-refractivity contribution in [2.75, 3.05) is 19.3 Å². The summed E-state index contributed by atoms with van der Waals surface area (Å²) in [6.45, 7) is 3.83. The first kappa shape index (κ1) is 18.4. The molecule has 1 aromatic rings. The number of nitrogens with one attached hydrogen (secondary N) is 1. The largest absolute Gasteiger partial charge is 0.349 e. The number of carbonyl (C=O) groups is 1. The third kappa shape index (κ3) is 4.42. The average molecular weight is 365 g/mol. The predicted molar refractivity (Wildman–Crippen MR) is 98.6 cm³/mol. The molecule has 1 aliphatic carbocycles. The van der Waals surface area contributed by atoms with Gasteiger partial charge in [-0.25, -0.2) is 8.42 Å². The van der Waals surface area contributed by atoms with Crippen LogP contribution in [-0.2, 0) is 9.84 Å². The van der Waals surface area contributed by atoms with Crippen molar-refractivity contribution in [1.29, 1.82) is 0 Å². The van der Waals surface area contributed by atoms with Gasteiger partial charge in [0.15, 0.2) is 9.84 Å². The van der Waals surface area contributed by atoms with Crippen molar-refractivity contribution in [3.05, 3.63) is 29.3 Å². The third-order valence-corrected chi connectivity index (χ3v) is 6.79. The lowest BCUT2D eigenvalue weighted by Crippen LogP contribution is -2.47. The minimum Gasteiger partial charge on any atom is -0.349 e. The number of benzene rings is 1. The van der Waals surface area contributed by atoms with E-state index in [9.17, 15) is 13.2 Å². The van der Waals surface area contributed by atoms with Gasteiger partial charge in [-0.1, -0.05) is 18.9 Å². The van der Waals surface area contributed by atoms with Crippen molar-refractivity contribution in [3.8, 4) is 0 Å². The summed E-state index contributed by atoms with van der Waals surface area (Å²) in [5.41, 5.74) is 1.09. The van der Waals surface area contributed by atoms with Crippen LogP contribution in [0.1, 0.15) is 54.4 Å². The number of hydrogen-bond acceptors (Lipinski definition) is 4. The molecule has 5 nitrogen and oxygen atoms in total. The number of carbonyl (C=O) groups excluding carboxylic acids is 1. The molecule has 0 radical (unpaired) electrons. The topological polar surface area (TPSA) is 66.5 Å². The first-order valence-electron chi connectivity index (χ1n) is 9.20. The Labute approximate surface area is 150 Å². The molecule has 2 aliphatic rings. The molecule has 0 atom stereocenters. The second kappa shape index (κ2) is 7.46. The molecule has 0 spiro atoms. The maximum atomic E-state index is 12.5. The molecule has 1 N–H and O–H groups in total. The van der Waals surface area contributed by atoms with Gasteiger partial charge in [-0.3, -0.25) is 4.79 Å². The summed E-state index contributed by atoms with van der Waals surface area (Å²) >= 11 is 0. The Kier molecular flexibility index (Phi) is 5.49. The number of likely N-dealkylation sites (tertiary alicyclic amines) is 1. The van der Waals surface area contributed by atoms with Crippen LogP contribution < -0.4 is 5.32 Å². The second-order valence-electron chi connectivity index (χ2n) is 7.47. The van der Waals surface area contributed by atoms with Gasteiger partial charge in [0, 0.05) is 37.0 Å². The molecule has 1 saturated carbocycles. The quantitative estimate of drug-likeness (QED) is 0.892. The fourth-order valence-electron chi connectivity index (χ4n) is 4.09. The van der Waals surface area contributed by atoms with E-state index in [1.165, 1.54) is 38.0 Å². The summed E-state index contributed by atoms with van der Waals surface area (Å²) in [5, 5.41) is 3.08. The lowest BCUT2D eigenvalue weighted by Gasteiger charge is -2.36. The molecule has 25 heavy (non-hydrogen) atoms. The van der Waals surface area contributed by atoms with E-state index in [2.05, 4.69) is 10.2 Å². The third-order valence-electron chi connectivity index (χ3n) is 5.56. The monoisotopic (exact) mass is 364 g/mol. The zero-order valence-corrected chi connectivity index (χ0v) is 15.9. The van der Waals surface area contributed by atoms with Crippen LogP contribution in [0.4, 0.5) is 0 Å². The Morgan fingerprint density at radius 3 is 2.36 bits per heavy atom. The van der Waals surface area contributed by atoms with Gasteiger partial charge < -0.3 is 10.2 Å². The molecule has 3 rings (SSSR count). The Balaban J connectivity index is 1.60. The Hall–Kier alpha value is -1.40. The molecule has 6 heteroatoms. The summed E-state index contributed by atoms with van der Waals surface area (Å²) in [7, 11) is -3.33. The van der Waals surface area contributed by atoms with E-state index in [-0.39, 0.29) is 16.8 Å². The number of amides is 1. The maximum absolute atomic E-state index is 12.5. The lowest BCUT2D eigenvalue weighted by atomic mass is 10.0. The average Bonchev–Trinajstić information content (AvgIpc) is 3.09. The van der Waals surface area contributed by atoms with Crippen LogP contribution in [0.2, 0.25) is 0 Å². The van der Waals surface area contributed by atoms with Gasteiger partial charge in [-0.15, -0.1) is 0 Å². The smallest absolute Gasteiger partial charge is 0.251 e. The first-order valence-corrected chi connectivity index (χ1v) is 11.1. The summed E-state index contributed by atoms with van der Waals surface area (Å²) in [6.07, 6.45) is 8.42. The van der Waals surface area contributed by atoms with Crippen LogP contribution in [-0.4, -0.2) is 50.7 Å². The molecule has 1 aromatic carbocycles. The van der Waals surface area contributed by atoms with Crippen molar-refractivity contribution in [3.63, 3.8) is 0 Å². The number of sulfone groups is 1. The molecule has 138 valence electrons. The highest BCUT2D eigenvalue weighted by molar-refractivity contribution is 7.90. The van der Waals surface area contributed by atoms with Crippen LogP contribution in [0.5, 0.6) is 0 Å². The normalized spacial score (nSPS) is 20.7. The molecule has 0 aromatic heterocycles. The van der Waals surface area contributed by atoms with E-state index < -0.39 is 9.84 Å². The van der Waals surface area contributed by atoms with Crippen LogP contribution in [0.15, 0.2) is 23.1 Å². The van der Waals surface area contributed by atoms with Gasteiger partial charge in [0.1, 0.15) is 0 Å². The molecule has 1 heterocycles. The highest BCUT2D eigenvalue weighted by Gasteiger charge is 2.28. The van der Waals surface area contributed by atoms with E-state index in [0.717, 1.165) is 32.0 Å². The summed E-state index contributed by atoms with van der Waals surface area (Å²) in [6, 6.07) is 5.81. The van der Waals surface area contributed by atoms with Crippen molar-refractivity contribution < 1.29 is 13.2 Å². The van der Waals surface area contributed by atoms with Crippen LogP contribution in [0, 0.1) is 6.92 Å². The summed E-state index contributed by atoms with van der Waals surface area (Å²) < 4.78 is 23.7. The first-order chi connectivity index (χ1) is 11.8. The van der Waals surface area contributed by atoms with E-state index in [0.29, 0.717) is 11.1 Å². The van der Waals surface area contributed by atoms with Gasteiger partial charge in [-0.2, -0.15) is 0 Å². The van der Waals surface area contributed by atoms with Crippen molar-refractivity contribution in [2.24, 2.45) is 0 Å². The van der Waals surface area contributed by atoms with E-state index in [1.54, 1.807) is 19.1 Å². The fourth-order valence-corrected chi connectivity index (χ4v) is 5.08. The summed E-state index contributed by atoms with van der Waals surface area (Å²) in [5.74, 6) is -0.177. The SMILES string of the molecule is Cc1ccc(C(=O)NC2CCN(C3CCCC3)CC2)cc1S(C)(=O)=O. The van der Waals surface area contributed by atoms with Gasteiger partial charge >= 0.3 is 0 Å². The fraction of sp³-hybridized carbons (Fsp3) is 0.632. The van der Waals surface area contributed by atoms with Crippen LogP contribution in [0.3, 0.4) is 0 Å². The standard InChI is InChI=1S/C19H28N2O3S/c1-14-7-8-15(13-18(14)25(2,23)24)19(22)20-16-9-11-21(12-10-16)17-5-3-4-6-17/h7-8,13,16-17H,3-6,9-12H2,1-2H3,(H,20,22). The van der Waals surface area contributed by atoms with Crippen LogP contribution >= 0.6 is 0 Å². The van der Waals surface area contributed by atoms with Gasteiger partial charge in [0.2, 0.25) is 0 Å².